The summed E-state index contributed by atoms with van der Waals surface area (Å²) in [6.07, 6.45) is 6.17. The van der Waals surface area contributed by atoms with Crippen molar-refractivity contribution in [3.05, 3.63) is 78.5 Å². The zero-order valence-electron chi connectivity index (χ0n) is 18.9. The molecule has 7 nitrogen and oxygen atoms in total. The van der Waals surface area contributed by atoms with Crippen LogP contribution in [0.15, 0.2) is 67.4 Å². The van der Waals surface area contributed by atoms with Gasteiger partial charge in [0.25, 0.3) is 0 Å². The van der Waals surface area contributed by atoms with Crippen molar-refractivity contribution >= 4 is 17.5 Å². The van der Waals surface area contributed by atoms with Crippen LogP contribution in [0.5, 0.6) is 23.0 Å². The van der Waals surface area contributed by atoms with E-state index in [-0.39, 0.29) is 0 Å². The van der Waals surface area contributed by atoms with Gasteiger partial charge in [0.05, 0.1) is 18.5 Å². The van der Waals surface area contributed by atoms with Gasteiger partial charge in [-0.05, 0) is 60.6 Å². The second kappa shape index (κ2) is 9.47. The topological polar surface area (TPSA) is 86.9 Å². The van der Waals surface area contributed by atoms with E-state index < -0.39 is 5.97 Å². The summed E-state index contributed by atoms with van der Waals surface area (Å²) in [5, 5.41) is 0. The highest BCUT2D eigenvalue weighted by molar-refractivity contribution is 5.83. The fourth-order valence-electron chi connectivity index (χ4n) is 3.97. The van der Waals surface area contributed by atoms with Crippen molar-refractivity contribution in [1.29, 1.82) is 0 Å². The number of aromatic nitrogens is 1. The van der Waals surface area contributed by atoms with Gasteiger partial charge in [0, 0.05) is 31.3 Å². The van der Waals surface area contributed by atoms with Crippen molar-refractivity contribution in [1.82, 2.24) is 4.98 Å². The number of pyridine rings is 1. The summed E-state index contributed by atoms with van der Waals surface area (Å²) in [7, 11) is 0. The molecule has 1 aromatic heterocycles. The third-order valence-electron chi connectivity index (χ3n) is 6.01. The number of rotatable bonds is 8. The van der Waals surface area contributed by atoms with Crippen LogP contribution in [0.25, 0.3) is 0 Å². The maximum atomic E-state index is 11.5. The first-order valence-corrected chi connectivity index (χ1v) is 11.4. The summed E-state index contributed by atoms with van der Waals surface area (Å²) < 4.78 is 17.1. The molecule has 1 saturated carbocycles. The van der Waals surface area contributed by atoms with Gasteiger partial charge in [-0.25, -0.2) is 9.78 Å². The number of nitrogen functional groups attached to an aromatic ring is 1. The normalized spacial score (nSPS) is 14.8. The quantitative estimate of drug-likeness (QED) is 0.292. The Labute approximate surface area is 198 Å². The number of carbonyl (C=O) groups excluding carboxylic acids is 1. The molecule has 2 aliphatic rings. The fourth-order valence-corrected chi connectivity index (χ4v) is 3.97. The van der Waals surface area contributed by atoms with Crippen molar-refractivity contribution in [3.8, 4) is 23.0 Å². The highest BCUT2D eigenvalue weighted by Gasteiger charge is 2.23. The number of esters is 1. The predicted molar refractivity (Wildman–Crippen MR) is 130 cm³/mol. The summed E-state index contributed by atoms with van der Waals surface area (Å²) in [5.41, 5.74) is 9.63. The molecule has 2 heterocycles. The Morgan fingerprint density at radius 1 is 1.09 bits per heavy atom. The zero-order valence-corrected chi connectivity index (χ0v) is 18.9. The number of nitrogens with two attached hydrogens (primary N) is 1. The molecule has 0 unspecified atom stereocenters. The summed E-state index contributed by atoms with van der Waals surface area (Å²) >= 11 is 0. The molecule has 0 amide bonds. The van der Waals surface area contributed by atoms with Crippen LogP contribution in [0.1, 0.15) is 24.0 Å². The van der Waals surface area contributed by atoms with Crippen molar-refractivity contribution in [2.75, 3.05) is 23.8 Å². The van der Waals surface area contributed by atoms with Gasteiger partial charge in [-0.1, -0.05) is 18.7 Å². The maximum Gasteiger partial charge on any atom is 0.335 e. The molecular formula is C27H27N3O4. The average Bonchev–Trinajstić information content (AvgIpc) is 3.68. The Morgan fingerprint density at radius 2 is 1.94 bits per heavy atom. The van der Waals surface area contributed by atoms with Gasteiger partial charge in [0.1, 0.15) is 28.8 Å². The average molecular weight is 458 g/mol. The number of nitrogens with zero attached hydrogens (tertiary/aromatic N) is 2. The van der Waals surface area contributed by atoms with Crippen LogP contribution in [-0.2, 0) is 17.8 Å². The molecule has 0 bridgehead atoms. The minimum atomic E-state index is -0.527. The van der Waals surface area contributed by atoms with E-state index in [9.17, 15) is 4.79 Å². The molecule has 1 aliphatic carbocycles. The zero-order chi connectivity index (χ0) is 23.5. The number of hydrogen-bond donors (Lipinski definition) is 1. The van der Waals surface area contributed by atoms with E-state index in [1.165, 1.54) is 24.0 Å². The van der Waals surface area contributed by atoms with Crippen LogP contribution in [0.3, 0.4) is 0 Å². The smallest absolute Gasteiger partial charge is 0.335 e. The summed E-state index contributed by atoms with van der Waals surface area (Å²) in [5.74, 6) is 3.06. The van der Waals surface area contributed by atoms with E-state index in [0.29, 0.717) is 23.1 Å². The molecule has 0 radical (unpaired) electrons. The molecule has 3 aromatic rings. The third-order valence-corrected chi connectivity index (χ3v) is 6.01. The Balaban J connectivity index is 1.29. The summed E-state index contributed by atoms with van der Waals surface area (Å²) in [4.78, 5) is 18.0. The van der Waals surface area contributed by atoms with E-state index in [1.807, 2.05) is 6.07 Å². The molecular weight excluding hydrogens is 430 g/mol. The number of ether oxygens (including phenoxy) is 3. The van der Waals surface area contributed by atoms with Crippen LogP contribution in [-0.4, -0.2) is 24.1 Å². The van der Waals surface area contributed by atoms with Crippen molar-refractivity contribution < 1.29 is 19.0 Å². The fraction of sp³-hybridized carbons (Fsp3) is 0.259. The largest absolute Gasteiger partial charge is 0.493 e. The first-order chi connectivity index (χ1) is 16.6. The van der Waals surface area contributed by atoms with E-state index in [2.05, 4.69) is 34.7 Å². The number of carbonyl (C=O) groups is 1. The van der Waals surface area contributed by atoms with Crippen LogP contribution in [0.4, 0.5) is 11.5 Å². The molecule has 0 atom stereocenters. The Bertz CT molecular complexity index is 1220. The molecule has 0 spiro atoms. The van der Waals surface area contributed by atoms with E-state index in [0.717, 1.165) is 49.5 Å². The van der Waals surface area contributed by atoms with E-state index >= 15 is 0 Å². The van der Waals surface area contributed by atoms with E-state index in [4.69, 9.17) is 19.9 Å². The monoisotopic (exact) mass is 457 g/mol. The maximum absolute atomic E-state index is 11.5. The molecule has 5 rings (SSSR count). The molecule has 7 heteroatoms. The van der Waals surface area contributed by atoms with Crippen LogP contribution >= 0.6 is 0 Å². The molecule has 34 heavy (non-hydrogen) atoms. The number of hydrogen-bond acceptors (Lipinski definition) is 7. The second-order valence-corrected chi connectivity index (χ2v) is 8.63. The number of benzene rings is 2. The second-order valence-electron chi connectivity index (χ2n) is 8.63. The summed E-state index contributed by atoms with van der Waals surface area (Å²) in [6, 6.07) is 15.1. The number of fused-ring (bicyclic) bond motifs is 1. The Morgan fingerprint density at radius 3 is 2.76 bits per heavy atom. The van der Waals surface area contributed by atoms with Crippen molar-refractivity contribution in [3.63, 3.8) is 0 Å². The van der Waals surface area contributed by atoms with Crippen LogP contribution in [0, 0.1) is 5.92 Å². The van der Waals surface area contributed by atoms with Gasteiger partial charge in [-0.3, -0.25) is 0 Å². The van der Waals surface area contributed by atoms with Gasteiger partial charge >= 0.3 is 5.97 Å². The summed E-state index contributed by atoms with van der Waals surface area (Å²) in [6.45, 7) is 5.78. The standard InChI is InChI=1S/C27H27N3O4/c1-2-26(31)34-23-5-3-4-22(13-23)33-24-14-25(27(28)29-15-24)30-11-10-19-12-21(9-8-20(19)16-30)32-17-18-6-7-18/h2-5,8-9,12-15,18H,1,6-7,10-11,16-17H2,(H2,28,29). The Hall–Kier alpha value is -4.00. The van der Waals surface area contributed by atoms with E-state index in [1.54, 1.807) is 30.5 Å². The van der Waals surface area contributed by atoms with Crippen molar-refractivity contribution in [2.24, 2.45) is 5.92 Å². The minimum Gasteiger partial charge on any atom is -0.493 e. The van der Waals surface area contributed by atoms with Crippen LogP contribution in [0.2, 0.25) is 0 Å². The van der Waals surface area contributed by atoms with Crippen LogP contribution < -0.4 is 24.8 Å². The third kappa shape index (κ3) is 5.14. The SMILES string of the molecule is C=CC(=O)Oc1cccc(Oc2cnc(N)c(N3CCc4cc(OCC5CC5)ccc4C3)c2)c1. The highest BCUT2D eigenvalue weighted by Crippen LogP contribution is 2.34. The first-order valence-electron chi connectivity index (χ1n) is 11.4. The molecule has 2 aromatic carbocycles. The van der Waals surface area contributed by atoms with Gasteiger partial charge in [0.2, 0.25) is 0 Å². The molecule has 0 saturated heterocycles. The van der Waals surface area contributed by atoms with Crippen molar-refractivity contribution in [2.45, 2.75) is 25.8 Å². The lowest BCUT2D eigenvalue weighted by Crippen LogP contribution is -2.31. The molecule has 1 fully saturated rings. The Kier molecular flexibility index (Phi) is 6.08. The minimum absolute atomic E-state index is 0.374. The number of anilines is 2. The lowest BCUT2D eigenvalue weighted by atomic mass is 9.99. The lowest BCUT2D eigenvalue weighted by molar-refractivity contribution is -0.128. The molecule has 2 N–H and O–H groups in total. The highest BCUT2D eigenvalue weighted by atomic mass is 16.5. The van der Waals surface area contributed by atoms with Gasteiger partial charge in [-0.15, -0.1) is 0 Å². The molecule has 1 aliphatic heterocycles. The lowest BCUT2D eigenvalue weighted by Gasteiger charge is -2.31. The molecule has 174 valence electrons. The predicted octanol–water partition coefficient (Wildman–Crippen LogP) is 4.90. The van der Waals surface area contributed by atoms with Gasteiger partial charge in [-0.2, -0.15) is 0 Å². The first kappa shape index (κ1) is 21.8. The van der Waals surface area contributed by atoms with Gasteiger partial charge < -0.3 is 24.8 Å². The van der Waals surface area contributed by atoms with Gasteiger partial charge in [0.15, 0.2) is 0 Å².